The first-order chi connectivity index (χ1) is 8.56. The molecule has 0 aliphatic rings. The van der Waals surface area contributed by atoms with Crippen LogP contribution in [-0.4, -0.2) is 57.5 Å². The van der Waals surface area contributed by atoms with Gasteiger partial charge in [0.15, 0.2) is 0 Å². The molecule has 0 saturated carbocycles. The first kappa shape index (κ1) is 14.6. The quantitative estimate of drug-likeness (QED) is 0.761. The van der Waals surface area contributed by atoms with Gasteiger partial charge in [0, 0.05) is 19.2 Å². The van der Waals surface area contributed by atoms with Gasteiger partial charge in [-0.05, 0) is 26.2 Å². The molecule has 0 aromatic heterocycles. The maximum atomic E-state index is 9.78. The predicted octanol–water partition coefficient (Wildman–Crippen LogP) is 1.04. The van der Waals surface area contributed by atoms with Crippen molar-refractivity contribution in [1.29, 1.82) is 0 Å². The fraction of sp³-hybridized carbons (Fsp3) is 0.538. The molecule has 102 valence electrons. The van der Waals surface area contributed by atoms with Gasteiger partial charge in [-0.3, -0.25) is 0 Å². The first-order valence-corrected chi connectivity index (χ1v) is 5.85. The molecule has 0 heterocycles. The lowest BCUT2D eigenvalue weighted by molar-refractivity contribution is 0.148. The summed E-state index contributed by atoms with van der Waals surface area (Å²) in [5, 5.41) is 12.9. The van der Waals surface area contributed by atoms with Crippen LogP contribution < -0.4 is 14.8 Å². The fourth-order valence-corrected chi connectivity index (χ4v) is 1.66. The van der Waals surface area contributed by atoms with Crippen molar-refractivity contribution in [3.63, 3.8) is 0 Å². The Bertz CT molecular complexity index is 369. The molecule has 0 spiro atoms. The SMILES string of the molecule is COc1ccc(NCC(O)CN(C)C)c(OC)c1. The average molecular weight is 254 g/mol. The number of likely N-dealkylation sites (N-methyl/N-ethyl adjacent to an activating group) is 1. The van der Waals surface area contributed by atoms with Crippen LogP contribution in [0.1, 0.15) is 0 Å². The van der Waals surface area contributed by atoms with Gasteiger partial charge in [0.2, 0.25) is 0 Å². The van der Waals surface area contributed by atoms with E-state index < -0.39 is 6.10 Å². The number of rotatable bonds is 7. The highest BCUT2D eigenvalue weighted by Gasteiger charge is 2.08. The Labute approximate surface area is 108 Å². The zero-order chi connectivity index (χ0) is 13.5. The van der Waals surface area contributed by atoms with Crippen LogP contribution in [0.3, 0.4) is 0 Å². The topological polar surface area (TPSA) is 54.0 Å². The summed E-state index contributed by atoms with van der Waals surface area (Å²) in [5.74, 6) is 1.44. The van der Waals surface area contributed by atoms with E-state index in [2.05, 4.69) is 5.32 Å². The Kier molecular flexibility index (Phi) is 5.74. The number of anilines is 1. The average Bonchev–Trinajstić information content (AvgIpc) is 2.35. The molecule has 0 bridgehead atoms. The molecular weight excluding hydrogens is 232 g/mol. The highest BCUT2D eigenvalue weighted by Crippen LogP contribution is 2.28. The Morgan fingerprint density at radius 2 is 2.00 bits per heavy atom. The van der Waals surface area contributed by atoms with Gasteiger partial charge in [0.05, 0.1) is 26.0 Å². The van der Waals surface area contributed by atoms with E-state index >= 15 is 0 Å². The van der Waals surface area contributed by atoms with Gasteiger partial charge in [0.1, 0.15) is 11.5 Å². The third-order valence-corrected chi connectivity index (χ3v) is 2.51. The van der Waals surface area contributed by atoms with E-state index in [-0.39, 0.29) is 0 Å². The number of aliphatic hydroxyl groups excluding tert-OH is 1. The number of ether oxygens (including phenoxy) is 2. The van der Waals surface area contributed by atoms with Gasteiger partial charge in [-0.2, -0.15) is 0 Å². The largest absolute Gasteiger partial charge is 0.497 e. The Hall–Kier alpha value is -1.46. The summed E-state index contributed by atoms with van der Waals surface area (Å²) in [4.78, 5) is 1.94. The summed E-state index contributed by atoms with van der Waals surface area (Å²) < 4.78 is 10.4. The van der Waals surface area contributed by atoms with Crippen LogP contribution in [-0.2, 0) is 0 Å². The van der Waals surface area contributed by atoms with E-state index in [1.165, 1.54) is 0 Å². The van der Waals surface area contributed by atoms with Crippen molar-refractivity contribution in [3.8, 4) is 11.5 Å². The Balaban J connectivity index is 2.61. The number of aliphatic hydroxyl groups is 1. The molecule has 0 fully saturated rings. The summed E-state index contributed by atoms with van der Waals surface area (Å²) in [6, 6.07) is 5.53. The highest BCUT2D eigenvalue weighted by molar-refractivity contribution is 5.59. The molecule has 0 saturated heterocycles. The number of benzene rings is 1. The molecule has 1 rings (SSSR count). The maximum Gasteiger partial charge on any atom is 0.145 e. The van der Waals surface area contributed by atoms with Gasteiger partial charge in [-0.15, -0.1) is 0 Å². The third kappa shape index (κ3) is 4.43. The normalized spacial score (nSPS) is 12.3. The number of nitrogens with one attached hydrogen (secondary N) is 1. The number of methoxy groups -OCH3 is 2. The van der Waals surface area contributed by atoms with Crippen molar-refractivity contribution >= 4 is 5.69 Å². The highest BCUT2D eigenvalue weighted by atomic mass is 16.5. The van der Waals surface area contributed by atoms with Crippen LogP contribution in [0.4, 0.5) is 5.69 Å². The van der Waals surface area contributed by atoms with E-state index in [0.29, 0.717) is 18.8 Å². The van der Waals surface area contributed by atoms with E-state index in [9.17, 15) is 5.11 Å². The molecule has 1 aromatic rings. The first-order valence-electron chi connectivity index (χ1n) is 5.85. The monoisotopic (exact) mass is 254 g/mol. The lowest BCUT2D eigenvalue weighted by Crippen LogP contribution is -2.31. The molecule has 1 atom stereocenters. The number of hydrogen-bond donors (Lipinski definition) is 2. The van der Waals surface area contributed by atoms with Crippen LogP contribution in [0.5, 0.6) is 11.5 Å². The summed E-state index contributed by atoms with van der Waals surface area (Å²) >= 11 is 0. The summed E-state index contributed by atoms with van der Waals surface area (Å²) in [6.07, 6.45) is -0.424. The van der Waals surface area contributed by atoms with Crippen molar-refractivity contribution in [2.24, 2.45) is 0 Å². The van der Waals surface area contributed by atoms with Crippen LogP contribution in [0.2, 0.25) is 0 Å². The van der Waals surface area contributed by atoms with Crippen LogP contribution in [0.25, 0.3) is 0 Å². The Morgan fingerprint density at radius 3 is 2.56 bits per heavy atom. The van der Waals surface area contributed by atoms with Crippen LogP contribution in [0, 0.1) is 0 Å². The van der Waals surface area contributed by atoms with E-state index in [4.69, 9.17) is 9.47 Å². The molecule has 1 unspecified atom stereocenters. The van der Waals surface area contributed by atoms with Gasteiger partial charge in [-0.1, -0.05) is 0 Å². The molecule has 0 aliphatic heterocycles. The third-order valence-electron chi connectivity index (χ3n) is 2.51. The molecule has 0 radical (unpaired) electrons. The molecular formula is C13H22N2O3. The van der Waals surface area contributed by atoms with Gasteiger partial charge in [0.25, 0.3) is 0 Å². The molecule has 0 amide bonds. The van der Waals surface area contributed by atoms with E-state index in [1.54, 1.807) is 20.3 Å². The fourth-order valence-electron chi connectivity index (χ4n) is 1.66. The zero-order valence-corrected chi connectivity index (χ0v) is 11.4. The molecule has 5 heteroatoms. The maximum absolute atomic E-state index is 9.78. The lowest BCUT2D eigenvalue weighted by Gasteiger charge is -2.18. The van der Waals surface area contributed by atoms with Crippen molar-refractivity contribution in [3.05, 3.63) is 18.2 Å². The lowest BCUT2D eigenvalue weighted by atomic mass is 10.2. The second-order valence-corrected chi connectivity index (χ2v) is 4.36. The van der Waals surface area contributed by atoms with Gasteiger partial charge < -0.3 is 24.8 Å². The minimum Gasteiger partial charge on any atom is -0.497 e. The van der Waals surface area contributed by atoms with Crippen molar-refractivity contribution in [2.45, 2.75) is 6.10 Å². The second kappa shape index (κ2) is 7.08. The minimum atomic E-state index is -0.424. The van der Waals surface area contributed by atoms with Crippen LogP contribution in [0.15, 0.2) is 18.2 Å². The summed E-state index contributed by atoms with van der Waals surface area (Å²) in [5.41, 5.74) is 0.844. The predicted molar refractivity (Wildman–Crippen MR) is 72.6 cm³/mol. The summed E-state index contributed by atoms with van der Waals surface area (Å²) in [7, 11) is 7.08. The molecule has 0 aliphatic carbocycles. The van der Waals surface area contributed by atoms with Gasteiger partial charge in [-0.25, -0.2) is 0 Å². The number of hydrogen-bond acceptors (Lipinski definition) is 5. The standard InChI is InChI=1S/C13H22N2O3/c1-15(2)9-10(16)8-14-12-6-5-11(17-3)7-13(12)18-4/h5-7,10,14,16H,8-9H2,1-4H3. The molecule has 5 nitrogen and oxygen atoms in total. The molecule has 1 aromatic carbocycles. The van der Waals surface area contributed by atoms with E-state index in [1.807, 2.05) is 31.1 Å². The second-order valence-electron chi connectivity index (χ2n) is 4.36. The van der Waals surface area contributed by atoms with Crippen molar-refractivity contribution < 1.29 is 14.6 Å². The molecule has 18 heavy (non-hydrogen) atoms. The van der Waals surface area contributed by atoms with Crippen LogP contribution >= 0.6 is 0 Å². The molecule has 2 N–H and O–H groups in total. The number of nitrogens with zero attached hydrogens (tertiary/aromatic N) is 1. The van der Waals surface area contributed by atoms with E-state index in [0.717, 1.165) is 11.4 Å². The Morgan fingerprint density at radius 1 is 1.28 bits per heavy atom. The van der Waals surface area contributed by atoms with Crippen molar-refractivity contribution in [1.82, 2.24) is 4.90 Å². The summed E-state index contributed by atoms with van der Waals surface area (Å²) in [6.45, 7) is 1.09. The van der Waals surface area contributed by atoms with Crippen molar-refractivity contribution in [2.75, 3.05) is 46.7 Å². The zero-order valence-electron chi connectivity index (χ0n) is 11.4. The van der Waals surface area contributed by atoms with Gasteiger partial charge >= 0.3 is 0 Å². The smallest absolute Gasteiger partial charge is 0.145 e. The minimum absolute atomic E-state index is 0.424.